The zero-order valence-corrected chi connectivity index (χ0v) is 14.3. The third-order valence-electron chi connectivity index (χ3n) is 3.59. The average molecular weight is 367 g/mol. The normalized spacial score (nSPS) is 10.4. The monoisotopic (exact) mass is 366 g/mol. The molecule has 2 aromatic rings. The number of benzene rings is 2. The molecular formula is C18H17ClF2N2O2. The lowest BCUT2D eigenvalue weighted by atomic mass is 10.2. The van der Waals surface area contributed by atoms with Crippen LogP contribution in [0.25, 0.3) is 0 Å². The summed E-state index contributed by atoms with van der Waals surface area (Å²) in [6, 6.07) is 9.90. The fourth-order valence-corrected chi connectivity index (χ4v) is 2.41. The summed E-state index contributed by atoms with van der Waals surface area (Å²) in [5.74, 6) is -2.59. The molecule has 132 valence electrons. The van der Waals surface area contributed by atoms with Crippen molar-refractivity contribution in [1.29, 1.82) is 0 Å². The van der Waals surface area contributed by atoms with E-state index in [0.717, 1.165) is 17.7 Å². The first-order valence-electron chi connectivity index (χ1n) is 7.59. The van der Waals surface area contributed by atoms with E-state index in [1.807, 2.05) is 12.1 Å². The second-order valence-corrected chi connectivity index (χ2v) is 5.88. The summed E-state index contributed by atoms with van der Waals surface area (Å²) >= 11 is 6.06. The van der Waals surface area contributed by atoms with E-state index >= 15 is 0 Å². The van der Waals surface area contributed by atoms with Gasteiger partial charge in [0.15, 0.2) is 0 Å². The van der Waals surface area contributed by atoms with Crippen LogP contribution in [0.5, 0.6) is 0 Å². The van der Waals surface area contributed by atoms with Crippen molar-refractivity contribution < 1.29 is 18.4 Å². The fourth-order valence-electron chi connectivity index (χ4n) is 2.21. The molecule has 0 radical (unpaired) electrons. The van der Waals surface area contributed by atoms with Gasteiger partial charge in [-0.2, -0.15) is 0 Å². The predicted molar refractivity (Wildman–Crippen MR) is 91.2 cm³/mol. The molecule has 0 aliphatic heterocycles. The topological polar surface area (TPSA) is 49.4 Å². The van der Waals surface area contributed by atoms with Crippen LogP contribution >= 0.6 is 11.6 Å². The molecule has 0 saturated heterocycles. The lowest BCUT2D eigenvalue weighted by Crippen LogP contribution is -2.32. The Morgan fingerprint density at radius 2 is 1.88 bits per heavy atom. The average Bonchev–Trinajstić information content (AvgIpc) is 2.56. The van der Waals surface area contributed by atoms with Gasteiger partial charge in [-0.05, 0) is 23.8 Å². The van der Waals surface area contributed by atoms with Gasteiger partial charge in [0.2, 0.25) is 5.91 Å². The van der Waals surface area contributed by atoms with Crippen LogP contribution in [0, 0.1) is 11.6 Å². The van der Waals surface area contributed by atoms with Crippen molar-refractivity contribution in [3.05, 3.63) is 70.2 Å². The highest BCUT2D eigenvalue weighted by Crippen LogP contribution is 2.16. The van der Waals surface area contributed by atoms with Crippen LogP contribution in [-0.2, 0) is 11.3 Å². The Labute approximate surface area is 149 Å². The summed E-state index contributed by atoms with van der Waals surface area (Å²) < 4.78 is 26.3. The van der Waals surface area contributed by atoms with Crippen LogP contribution in [0.3, 0.4) is 0 Å². The third kappa shape index (κ3) is 5.26. The van der Waals surface area contributed by atoms with E-state index < -0.39 is 17.5 Å². The van der Waals surface area contributed by atoms with Gasteiger partial charge in [-0.3, -0.25) is 9.59 Å². The van der Waals surface area contributed by atoms with Crippen molar-refractivity contribution in [1.82, 2.24) is 10.2 Å². The zero-order valence-electron chi connectivity index (χ0n) is 13.6. The molecule has 0 aliphatic rings. The van der Waals surface area contributed by atoms with E-state index in [0.29, 0.717) is 17.6 Å². The van der Waals surface area contributed by atoms with Gasteiger partial charge in [-0.15, -0.1) is 0 Å². The van der Waals surface area contributed by atoms with Gasteiger partial charge < -0.3 is 10.2 Å². The molecule has 25 heavy (non-hydrogen) atoms. The molecule has 0 saturated carbocycles. The van der Waals surface area contributed by atoms with Crippen LogP contribution < -0.4 is 5.32 Å². The van der Waals surface area contributed by atoms with Crippen LogP contribution in [0.4, 0.5) is 8.78 Å². The number of nitrogens with zero attached hydrogens (tertiary/aromatic N) is 1. The van der Waals surface area contributed by atoms with Gasteiger partial charge in [-0.25, -0.2) is 8.78 Å². The second-order valence-electron chi connectivity index (χ2n) is 5.47. The van der Waals surface area contributed by atoms with Crippen molar-refractivity contribution in [3.63, 3.8) is 0 Å². The van der Waals surface area contributed by atoms with Crippen molar-refractivity contribution in [2.24, 2.45) is 0 Å². The molecule has 0 atom stereocenters. The predicted octanol–water partition coefficient (Wildman–Crippen LogP) is 3.40. The minimum absolute atomic E-state index is 0.0430. The Morgan fingerprint density at radius 1 is 1.16 bits per heavy atom. The Balaban J connectivity index is 1.83. The van der Waals surface area contributed by atoms with Gasteiger partial charge in [0.05, 0.1) is 5.56 Å². The molecule has 0 bridgehead atoms. The number of nitrogens with one attached hydrogen (secondary N) is 1. The second kappa shape index (κ2) is 8.58. The number of rotatable bonds is 6. The molecule has 2 rings (SSSR count). The molecule has 7 heteroatoms. The highest BCUT2D eigenvalue weighted by molar-refractivity contribution is 6.31. The summed E-state index contributed by atoms with van der Waals surface area (Å²) in [4.78, 5) is 25.4. The molecule has 0 unspecified atom stereocenters. The molecular weight excluding hydrogens is 350 g/mol. The first-order valence-corrected chi connectivity index (χ1v) is 7.97. The minimum atomic E-state index is -0.945. The molecule has 2 amide bonds. The third-order valence-corrected chi connectivity index (χ3v) is 3.96. The van der Waals surface area contributed by atoms with E-state index in [4.69, 9.17) is 11.6 Å². The van der Waals surface area contributed by atoms with E-state index in [1.54, 1.807) is 19.2 Å². The molecule has 4 nitrogen and oxygen atoms in total. The number of hydrogen-bond acceptors (Lipinski definition) is 2. The summed E-state index contributed by atoms with van der Waals surface area (Å²) in [5, 5.41) is 3.02. The largest absolute Gasteiger partial charge is 0.351 e. The smallest absolute Gasteiger partial charge is 0.254 e. The summed E-state index contributed by atoms with van der Waals surface area (Å²) in [6.07, 6.45) is 0.0511. The molecule has 1 N–H and O–H groups in total. The molecule has 0 heterocycles. The maximum atomic E-state index is 13.5. The quantitative estimate of drug-likeness (QED) is 0.851. The number of carbonyl (C=O) groups is 2. The zero-order chi connectivity index (χ0) is 18.4. The van der Waals surface area contributed by atoms with Crippen LogP contribution in [-0.4, -0.2) is 30.3 Å². The fraction of sp³-hybridized carbons (Fsp3) is 0.222. The maximum Gasteiger partial charge on any atom is 0.254 e. The van der Waals surface area contributed by atoms with Gasteiger partial charge in [0, 0.05) is 37.6 Å². The number of carbonyl (C=O) groups excluding carboxylic acids is 2. The Bertz CT molecular complexity index is 783. The number of hydrogen-bond donors (Lipinski definition) is 1. The van der Waals surface area contributed by atoms with Crippen LogP contribution in [0.15, 0.2) is 42.5 Å². The lowest BCUT2D eigenvalue weighted by Gasteiger charge is -2.18. The van der Waals surface area contributed by atoms with Crippen LogP contribution in [0.2, 0.25) is 5.02 Å². The molecule has 0 aromatic heterocycles. The van der Waals surface area contributed by atoms with Crippen molar-refractivity contribution in [3.8, 4) is 0 Å². The van der Waals surface area contributed by atoms with Gasteiger partial charge in [0.25, 0.3) is 5.91 Å². The summed E-state index contributed by atoms with van der Waals surface area (Å²) in [6.45, 7) is 0.389. The van der Waals surface area contributed by atoms with Crippen molar-refractivity contribution in [2.45, 2.75) is 13.0 Å². The molecule has 0 aliphatic carbocycles. The van der Waals surface area contributed by atoms with Crippen molar-refractivity contribution >= 4 is 23.4 Å². The van der Waals surface area contributed by atoms with E-state index in [1.165, 1.54) is 4.90 Å². The van der Waals surface area contributed by atoms with Gasteiger partial charge in [0.1, 0.15) is 11.6 Å². The summed E-state index contributed by atoms with van der Waals surface area (Å²) in [7, 11) is 1.63. The molecule has 0 fully saturated rings. The molecule has 0 spiro atoms. The van der Waals surface area contributed by atoms with E-state index in [2.05, 4.69) is 5.32 Å². The van der Waals surface area contributed by atoms with Crippen LogP contribution in [0.1, 0.15) is 22.3 Å². The highest BCUT2D eigenvalue weighted by Gasteiger charge is 2.14. The standard InChI is InChI=1S/C18H17ClF2N2O2/c1-23(11-12-4-2-3-5-15(12)19)17(24)8-9-22-18(25)14-7-6-13(20)10-16(14)21/h2-7,10H,8-9,11H2,1H3,(H,22,25). The minimum Gasteiger partial charge on any atom is -0.351 e. The van der Waals surface area contributed by atoms with E-state index in [-0.39, 0.29) is 24.4 Å². The van der Waals surface area contributed by atoms with Gasteiger partial charge >= 0.3 is 0 Å². The number of amides is 2. The lowest BCUT2D eigenvalue weighted by molar-refractivity contribution is -0.130. The SMILES string of the molecule is CN(Cc1ccccc1Cl)C(=O)CCNC(=O)c1ccc(F)cc1F. The Kier molecular flexibility index (Phi) is 6.47. The van der Waals surface area contributed by atoms with E-state index in [9.17, 15) is 18.4 Å². The Hall–Kier alpha value is -2.47. The Morgan fingerprint density at radius 3 is 2.56 bits per heavy atom. The number of halogens is 3. The summed E-state index contributed by atoms with van der Waals surface area (Å²) in [5.41, 5.74) is 0.552. The van der Waals surface area contributed by atoms with Gasteiger partial charge in [-0.1, -0.05) is 29.8 Å². The maximum absolute atomic E-state index is 13.5. The van der Waals surface area contributed by atoms with Crippen molar-refractivity contribution in [2.75, 3.05) is 13.6 Å². The molecule has 2 aromatic carbocycles. The highest BCUT2D eigenvalue weighted by atomic mass is 35.5. The first-order chi connectivity index (χ1) is 11.9. The first kappa shape index (κ1) is 18.9.